The van der Waals surface area contributed by atoms with Crippen LogP contribution in [-0.2, 0) is 16.8 Å². The quantitative estimate of drug-likeness (QED) is 0.778. The fraction of sp³-hybridized carbons (Fsp3) is 0.222. The van der Waals surface area contributed by atoms with E-state index in [2.05, 4.69) is 20.6 Å². The average molecular weight is 381 g/mol. The summed E-state index contributed by atoms with van der Waals surface area (Å²) in [4.78, 5) is 8.34. The third-order valence-electron chi connectivity index (χ3n) is 3.63. The van der Waals surface area contributed by atoms with Crippen LogP contribution in [0.5, 0.6) is 11.5 Å². The van der Waals surface area contributed by atoms with Crippen molar-refractivity contribution in [3.63, 3.8) is 0 Å². The second kappa shape index (κ2) is 9.10. The number of rotatable bonds is 2. The summed E-state index contributed by atoms with van der Waals surface area (Å²) in [5.41, 5.74) is 1.35. The first-order valence-corrected chi connectivity index (χ1v) is 7.85. The molecule has 2 aliphatic rings. The van der Waals surface area contributed by atoms with Crippen LogP contribution in [0.15, 0.2) is 58.5 Å². The predicted octanol–water partition coefficient (Wildman–Crippen LogP) is 0.217. The van der Waals surface area contributed by atoms with Crippen LogP contribution in [0.1, 0.15) is 11.1 Å². The van der Waals surface area contributed by atoms with Gasteiger partial charge in [0, 0.05) is 24.2 Å². The standard InChI is InChI=1S/2C9H10N2O.Co/c2*12-8-4-2-1-3-7(8)9-10-5-6-11-9;/h2*1-4,12H,5-6H2,(H,10,11);/q;;+2/p-2. The van der Waals surface area contributed by atoms with Gasteiger partial charge in [-0.25, -0.2) is 0 Å². The maximum absolute atomic E-state index is 11.3. The molecule has 0 aliphatic carbocycles. The van der Waals surface area contributed by atoms with Gasteiger partial charge in [-0.1, -0.05) is 60.0 Å². The number of nitrogens with zero attached hydrogens (tertiary/aromatic N) is 2. The van der Waals surface area contributed by atoms with Crippen molar-refractivity contribution >= 4 is 11.7 Å². The van der Waals surface area contributed by atoms with E-state index in [0.717, 1.165) is 37.9 Å². The van der Waals surface area contributed by atoms with E-state index < -0.39 is 0 Å². The molecule has 25 heavy (non-hydrogen) atoms. The molecule has 6 nitrogen and oxygen atoms in total. The SMILES string of the molecule is [Co+2].[O-]c1ccccc1C1=NCCN1.[O-]c1ccccc1C1=NCCN1. The van der Waals surface area contributed by atoms with Gasteiger partial charge in [-0.2, -0.15) is 0 Å². The molecule has 0 bridgehead atoms. The zero-order valence-electron chi connectivity index (χ0n) is 13.5. The number of nitrogens with one attached hydrogen (secondary N) is 2. The van der Waals surface area contributed by atoms with Crippen LogP contribution in [0.3, 0.4) is 0 Å². The Kier molecular flexibility index (Phi) is 6.85. The second-order valence-electron chi connectivity index (χ2n) is 5.31. The van der Waals surface area contributed by atoms with Gasteiger partial charge in [0.05, 0.1) is 13.1 Å². The van der Waals surface area contributed by atoms with Crippen molar-refractivity contribution in [3.05, 3.63) is 59.7 Å². The molecule has 1 radical (unpaired) electrons. The van der Waals surface area contributed by atoms with E-state index in [0.29, 0.717) is 11.1 Å². The number of hydrogen-bond donors (Lipinski definition) is 2. The molecule has 7 heteroatoms. The predicted molar refractivity (Wildman–Crippen MR) is 90.6 cm³/mol. The summed E-state index contributed by atoms with van der Waals surface area (Å²) in [5, 5.41) is 28.7. The van der Waals surface area contributed by atoms with Crippen LogP contribution >= 0.6 is 0 Å². The fourth-order valence-corrected chi connectivity index (χ4v) is 2.48. The monoisotopic (exact) mass is 381 g/mol. The van der Waals surface area contributed by atoms with Crippen molar-refractivity contribution in [2.75, 3.05) is 26.2 Å². The second-order valence-corrected chi connectivity index (χ2v) is 5.31. The molecule has 2 aromatic rings. The summed E-state index contributed by atoms with van der Waals surface area (Å²) in [6.07, 6.45) is 0. The van der Waals surface area contributed by atoms with Crippen molar-refractivity contribution in [1.82, 2.24) is 10.6 Å². The smallest absolute Gasteiger partial charge is 0.872 e. The van der Waals surface area contributed by atoms with Crippen molar-refractivity contribution in [3.8, 4) is 11.5 Å². The van der Waals surface area contributed by atoms with Crippen LogP contribution in [0.2, 0.25) is 0 Å². The molecule has 0 atom stereocenters. The third kappa shape index (κ3) is 4.74. The zero-order valence-corrected chi connectivity index (χ0v) is 14.5. The van der Waals surface area contributed by atoms with Crippen LogP contribution in [0.4, 0.5) is 0 Å². The van der Waals surface area contributed by atoms with Gasteiger partial charge < -0.3 is 20.8 Å². The fourth-order valence-electron chi connectivity index (χ4n) is 2.48. The summed E-state index contributed by atoms with van der Waals surface area (Å²) in [6.45, 7) is 3.21. The zero-order chi connectivity index (χ0) is 16.8. The van der Waals surface area contributed by atoms with Crippen molar-refractivity contribution in [2.45, 2.75) is 0 Å². The van der Waals surface area contributed by atoms with Gasteiger partial charge in [-0.05, 0) is 0 Å². The first kappa shape index (κ1) is 18.8. The first-order chi connectivity index (χ1) is 11.8. The van der Waals surface area contributed by atoms with E-state index in [9.17, 15) is 10.2 Å². The van der Waals surface area contributed by atoms with Crippen LogP contribution in [0, 0.1) is 0 Å². The summed E-state index contributed by atoms with van der Waals surface area (Å²) in [6, 6.07) is 13.9. The maximum Gasteiger partial charge on any atom is 2.00 e. The van der Waals surface area contributed by atoms with Crippen molar-refractivity contribution in [2.24, 2.45) is 9.98 Å². The van der Waals surface area contributed by atoms with Gasteiger partial charge in [-0.3, -0.25) is 9.98 Å². The van der Waals surface area contributed by atoms with Gasteiger partial charge in [0.25, 0.3) is 0 Å². The number of benzene rings is 2. The van der Waals surface area contributed by atoms with Gasteiger partial charge in [-0.15, -0.1) is 0 Å². The molecule has 0 spiro atoms. The topological polar surface area (TPSA) is 94.9 Å². The van der Waals surface area contributed by atoms with Crippen molar-refractivity contribution in [1.29, 1.82) is 0 Å². The van der Waals surface area contributed by atoms with E-state index >= 15 is 0 Å². The molecular formula is C18H18CoN4O2. The minimum atomic E-state index is 0. The minimum absolute atomic E-state index is 0. The molecule has 0 fully saturated rings. The molecule has 131 valence electrons. The average Bonchev–Trinajstić information content (AvgIpc) is 3.30. The number of hydrogen-bond acceptors (Lipinski definition) is 6. The Labute approximate surface area is 156 Å². The molecule has 2 aromatic carbocycles. The number of aliphatic imine (C=N–C) groups is 2. The van der Waals surface area contributed by atoms with Gasteiger partial charge in [0.2, 0.25) is 0 Å². The molecule has 0 saturated carbocycles. The molecule has 0 aromatic heterocycles. The summed E-state index contributed by atoms with van der Waals surface area (Å²) < 4.78 is 0. The molecule has 2 aliphatic heterocycles. The summed E-state index contributed by atoms with van der Waals surface area (Å²) in [5.74, 6) is 1.54. The van der Waals surface area contributed by atoms with E-state index in [1.807, 2.05) is 12.1 Å². The number of para-hydroxylation sites is 2. The van der Waals surface area contributed by atoms with Gasteiger partial charge in [0.1, 0.15) is 11.7 Å². The molecule has 0 unspecified atom stereocenters. The maximum atomic E-state index is 11.3. The molecule has 0 saturated heterocycles. The Morgan fingerprint density at radius 3 is 1.40 bits per heavy atom. The van der Waals surface area contributed by atoms with E-state index in [1.54, 1.807) is 36.4 Å². The number of amidine groups is 2. The Morgan fingerprint density at radius 1 is 0.680 bits per heavy atom. The molecular weight excluding hydrogens is 363 g/mol. The minimum Gasteiger partial charge on any atom is -0.872 e. The Morgan fingerprint density at radius 2 is 1.08 bits per heavy atom. The van der Waals surface area contributed by atoms with E-state index in [4.69, 9.17) is 0 Å². The Hall–Kier alpha value is -2.51. The molecule has 2 N–H and O–H groups in total. The van der Waals surface area contributed by atoms with Crippen LogP contribution < -0.4 is 20.8 Å². The molecule has 2 heterocycles. The van der Waals surface area contributed by atoms with Crippen LogP contribution in [0.25, 0.3) is 0 Å². The molecule has 0 amide bonds. The normalized spacial score (nSPS) is 14.9. The molecule has 4 rings (SSSR count). The first-order valence-electron chi connectivity index (χ1n) is 7.85. The Balaban J connectivity index is 0.000000173. The summed E-state index contributed by atoms with van der Waals surface area (Å²) >= 11 is 0. The van der Waals surface area contributed by atoms with Crippen molar-refractivity contribution < 1.29 is 27.0 Å². The van der Waals surface area contributed by atoms with Gasteiger partial charge in [0.15, 0.2) is 0 Å². The van der Waals surface area contributed by atoms with Crippen LogP contribution in [-0.4, -0.2) is 37.9 Å². The van der Waals surface area contributed by atoms with Gasteiger partial charge >= 0.3 is 16.8 Å². The van der Waals surface area contributed by atoms with E-state index in [1.165, 1.54) is 0 Å². The third-order valence-corrected chi connectivity index (χ3v) is 3.63. The largest absolute Gasteiger partial charge is 2.00 e. The Bertz CT molecular complexity index is 712. The van der Waals surface area contributed by atoms with E-state index in [-0.39, 0.29) is 28.3 Å². The summed E-state index contributed by atoms with van der Waals surface area (Å²) in [7, 11) is 0.